The van der Waals surface area contributed by atoms with Crippen LogP contribution < -0.4 is 10.4 Å². The van der Waals surface area contributed by atoms with Gasteiger partial charge < -0.3 is 0 Å². The molecule has 0 nitrogen and oxygen atoms in total. The van der Waals surface area contributed by atoms with E-state index in [4.69, 9.17) is 0 Å². The average molecular weight is 417 g/mol. The summed E-state index contributed by atoms with van der Waals surface area (Å²) in [5, 5.41) is 3.37. The Bertz CT molecular complexity index is 1190. The molecule has 0 saturated carbocycles. The average Bonchev–Trinajstić information content (AvgIpc) is 3.38. The highest BCUT2D eigenvalue weighted by Crippen LogP contribution is 2.37. The normalized spacial score (nSPS) is 13.1. The molecule has 6 rings (SSSR count). The van der Waals surface area contributed by atoms with Gasteiger partial charge in [0.15, 0.2) is 0 Å². The third kappa shape index (κ3) is 3.03. The first-order valence-electron chi connectivity index (χ1n) is 11.7. The lowest BCUT2D eigenvalue weighted by Gasteiger charge is -2.22. The van der Waals surface area contributed by atoms with E-state index in [2.05, 4.69) is 91.9 Å². The maximum atomic E-state index is 2.47. The molecule has 152 valence electrons. The first-order valence-corrected chi connectivity index (χ1v) is 13.7. The van der Waals surface area contributed by atoms with Crippen molar-refractivity contribution in [3.8, 4) is 22.3 Å². The Labute approximate surface area is 187 Å². The quantitative estimate of drug-likeness (QED) is 0.304. The maximum absolute atomic E-state index is 2.47. The molecule has 2 aliphatic carbocycles. The maximum Gasteiger partial charge on any atom is 0.103 e. The molecule has 0 N–H and O–H groups in total. The first-order chi connectivity index (χ1) is 15.3. The smallest absolute Gasteiger partial charge is 0.0654 e. The Morgan fingerprint density at radius 1 is 0.581 bits per heavy atom. The molecule has 0 aromatic heterocycles. The molecular formula is C30H28Si. The van der Waals surface area contributed by atoms with Crippen LogP contribution in [0.1, 0.15) is 42.0 Å². The van der Waals surface area contributed by atoms with Crippen LogP contribution in [0.5, 0.6) is 0 Å². The third-order valence-corrected chi connectivity index (χ3v) is 10.9. The summed E-state index contributed by atoms with van der Waals surface area (Å²) in [4.78, 5) is 0. The minimum absolute atomic E-state index is 1.10. The van der Waals surface area contributed by atoms with E-state index < -0.39 is 8.80 Å². The number of hydrogen-bond acceptors (Lipinski definition) is 0. The van der Waals surface area contributed by atoms with Crippen molar-refractivity contribution < 1.29 is 0 Å². The van der Waals surface area contributed by atoms with E-state index in [0.717, 1.165) is 12.8 Å². The highest BCUT2D eigenvalue weighted by atomic mass is 28.3. The van der Waals surface area contributed by atoms with Gasteiger partial charge in [-0.25, -0.2) is 0 Å². The van der Waals surface area contributed by atoms with Crippen LogP contribution in [0.3, 0.4) is 0 Å². The topological polar surface area (TPSA) is 0 Å². The van der Waals surface area contributed by atoms with E-state index >= 15 is 0 Å². The van der Waals surface area contributed by atoms with Gasteiger partial charge in [-0.05, 0) is 57.3 Å². The lowest BCUT2D eigenvalue weighted by atomic mass is 10.1. The second-order valence-corrected chi connectivity index (χ2v) is 12.0. The molecular weight excluding hydrogens is 388 g/mol. The van der Waals surface area contributed by atoms with Crippen molar-refractivity contribution in [3.63, 3.8) is 0 Å². The molecule has 0 bridgehead atoms. The minimum Gasteiger partial charge on any atom is -0.0654 e. The van der Waals surface area contributed by atoms with Gasteiger partial charge in [-0.1, -0.05) is 121 Å². The first kappa shape index (κ1) is 18.8. The molecule has 0 fully saturated rings. The molecule has 0 aliphatic heterocycles. The van der Waals surface area contributed by atoms with Crippen LogP contribution in [-0.2, 0) is 12.8 Å². The van der Waals surface area contributed by atoms with Crippen molar-refractivity contribution in [1.82, 2.24) is 0 Å². The van der Waals surface area contributed by atoms with Crippen molar-refractivity contribution in [3.05, 3.63) is 107 Å². The van der Waals surface area contributed by atoms with Crippen molar-refractivity contribution in [2.75, 3.05) is 0 Å². The zero-order valence-electron chi connectivity index (χ0n) is 18.2. The zero-order chi connectivity index (χ0) is 20.8. The molecule has 0 unspecified atom stereocenters. The fraction of sp³-hybridized carbons (Fsp3) is 0.200. The van der Waals surface area contributed by atoms with Gasteiger partial charge in [0.25, 0.3) is 0 Å². The summed E-state index contributed by atoms with van der Waals surface area (Å²) in [6.45, 7) is 2.34. The summed E-state index contributed by atoms with van der Waals surface area (Å²) in [5.74, 6) is 0. The Kier molecular flexibility index (Phi) is 4.65. The van der Waals surface area contributed by atoms with Gasteiger partial charge in [0, 0.05) is 0 Å². The molecule has 2 aliphatic rings. The number of fused-ring (bicyclic) bond motifs is 6. The van der Waals surface area contributed by atoms with Gasteiger partial charge in [0.2, 0.25) is 0 Å². The summed E-state index contributed by atoms with van der Waals surface area (Å²) < 4.78 is 0. The van der Waals surface area contributed by atoms with E-state index in [1.54, 1.807) is 21.5 Å². The van der Waals surface area contributed by atoms with Gasteiger partial charge in [0.05, 0.1) is 0 Å². The molecule has 4 aromatic rings. The summed E-state index contributed by atoms with van der Waals surface area (Å²) >= 11 is 0. The number of unbranched alkanes of at least 4 members (excludes halogenated alkanes) is 1. The van der Waals surface area contributed by atoms with Crippen LogP contribution >= 0.6 is 0 Å². The fourth-order valence-corrected chi connectivity index (χ4v) is 9.72. The number of rotatable bonds is 5. The Balaban J connectivity index is 1.50. The lowest BCUT2D eigenvalue weighted by molar-refractivity contribution is 0.878. The van der Waals surface area contributed by atoms with Gasteiger partial charge in [-0.2, -0.15) is 0 Å². The predicted molar refractivity (Wildman–Crippen MR) is 135 cm³/mol. The van der Waals surface area contributed by atoms with Crippen molar-refractivity contribution in [2.45, 2.75) is 38.7 Å². The van der Waals surface area contributed by atoms with Crippen LogP contribution in [-0.4, -0.2) is 8.80 Å². The summed E-state index contributed by atoms with van der Waals surface area (Å²) in [5.41, 5.74) is 12.1. The van der Waals surface area contributed by atoms with Gasteiger partial charge in [0.1, 0.15) is 8.80 Å². The summed E-state index contributed by atoms with van der Waals surface area (Å²) in [6, 6.07) is 33.7. The predicted octanol–water partition coefficient (Wildman–Crippen LogP) is 5.97. The highest BCUT2D eigenvalue weighted by molar-refractivity contribution is 6.86. The van der Waals surface area contributed by atoms with Gasteiger partial charge in [-0.15, -0.1) is 0 Å². The summed E-state index contributed by atoms with van der Waals surface area (Å²) in [6.07, 6.45) is 4.80. The second-order valence-electron chi connectivity index (χ2n) is 9.11. The Hall–Kier alpha value is -2.90. The molecule has 1 heteroatoms. The number of benzene rings is 4. The van der Waals surface area contributed by atoms with Crippen LogP contribution in [0, 0.1) is 0 Å². The van der Waals surface area contributed by atoms with E-state index in [9.17, 15) is 0 Å². The molecule has 0 radical (unpaired) electrons. The summed E-state index contributed by atoms with van der Waals surface area (Å²) in [7, 11) is -1.32. The SMILES string of the molecule is CCCC[SiH](c1cccc2c1Cc1ccccc1-2)c1cccc2c1Cc1ccccc1-2. The van der Waals surface area contributed by atoms with E-state index in [-0.39, 0.29) is 0 Å². The lowest BCUT2D eigenvalue weighted by Crippen LogP contribution is -2.45. The third-order valence-electron chi connectivity index (χ3n) is 7.37. The molecule has 4 aromatic carbocycles. The van der Waals surface area contributed by atoms with E-state index in [0.29, 0.717) is 0 Å². The van der Waals surface area contributed by atoms with Crippen molar-refractivity contribution in [1.29, 1.82) is 0 Å². The van der Waals surface area contributed by atoms with Crippen molar-refractivity contribution >= 4 is 19.2 Å². The fourth-order valence-electron chi connectivity index (χ4n) is 5.90. The Morgan fingerprint density at radius 3 is 1.58 bits per heavy atom. The number of hydrogen-bond donors (Lipinski definition) is 0. The molecule has 0 heterocycles. The molecule has 31 heavy (non-hydrogen) atoms. The Morgan fingerprint density at radius 2 is 1.06 bits per heavy atom. The van der Waals surface area contributed by atoms with Crippen LogP contribution in [0.15, 0.2) is 84.9 Å². The van der Waals surface area contributed by atoms with Gasteiger partial charge >= 0.3 is 0 Å². The largest absolute Gasteiger partial charge is 0.103 e. The van der Waals surface area contributed by atoms with Crippen molar-refractivity contribution in [2.24, 2.45) is 0 Å². The van der Waals surface area contributed by atoms with E-state index in [1.807, 2.05) is 0 Å². The zero-order valence-corrected chi connectivity index (χ0v) is 19.4. The second kappa shape index (κ2) is 7.66. The van der Waals surface area contributed by atoms with Gasteiger partial charge in [-0.3, -0.25) is 0 Å². The monoisotopic (exact) mass is 416 g/mol. The molecule has 0 amide bonds. The standard InChI is InChI=1S/C30H28Si/c1-2-3-18-31(29-16-8-14-25-23-12-6-4-10-21(23)19-27(25)29)30-17-9-15-26-24-13-7-5-11-22(24)20-28(26)30/h4-17,31H,2-3,18-20H2,1H3. The highest BCUT2D eigenvalue weighted by Gasteiger charge is 2.29. The van der Waals surface area contributed by atoms with Crippen LogP contribution in [0.25, 0.3) is 22.3 Å². The molecule has 0 saturated heterocycles. The van der Waals surface area contributed by atoms with Crippen LogP contribution in [0.2, 0.25) is 6.04 Å². The molecule has 0 atom stereocenters. The van der Waals surface area contributed by atoms with Crippen LogP contribution in [0.4, 0.5) is 0 Å². The van der Waals surface area contributed by atoms with E-state index in [1.165, 1.54) is 52.3 Å². The molecule has 0 spiro atoms. The minimum atomic E-state index is -1.32.